The lowest BCUT2D eigenvalue weighted by molar-refractivity contribution is -0.151. The van der Waals surface area contributed by atoms with Crippen molar-refractivity contribution in [3.05, 3.63) is 0 Å². The Labute approximate surface area is 171 Å². The molecular formula is C22H42O4S. The monoisotopic (exact) mass is 402 g/mol. The lowest BCUT2D eigenvalue weighted by Gasteiger charge is -2.22. The fourth-order valence-corrected chi connectivity index (χ4v) is 3.50. The van der Waals surface area contributed by atoms with Crippen molar-refractivity contribution in [2.45, 2.75) is 91.2 Å². The van der Waals surface area contributed by atoms with E-state index in [0.29, 0.717) is 31.0 Å². The molecule has 0 saturated carbocycles. The lowest BCUT2D eigenvalue weighted by atomic mass is 9.91. The molecule has 0 rings (SSSR count). The highest BCUT2D eigenvalue weighted by atomic mass is 32.2. The van der Waals surface area contributed by atoms with Crippen molar-refractivity contribution in [3.8, 4) is 0 Å². The van der Waals surface area contributed by atoms with Crippen LogP contribution in [0.4, 0.5) is 0 Å². The van der Waals surface area contributed by atoms with Crippen molar-refractivity contribution in [1.29, 1.82) is 0 Å². The molecule has 0 aromatic rings. The standard InChI is InChI=1S/C22H42O4S/c1-7-10-12-18(9-3)15-25-21(23)14-20(27-6)22(24)26-16-19(17(4)5)13-11-8-2/h17-20H,7-16H2,1-6H3. The van der Waals surface area contributed by atoms with Crippen molar-refractivity contribution in [1.82, 2.24) is 0 Å². The molecule has 0 radical (unpaired) electrons. The maximum absolute atomic E-state index is 12.4. The molecule has 0 aliphatic heterocycles. The second-order valence-corrected chi connectivity index (χ2v) is 8.84. The molecular weight excluding hydrogens is 360 g/mol. The molecule has 3 unspecified atom stereocenters. The zero-order valence-electron chi connectivity index (χ0n) is 18.4. The first kappa shape index (κ1) is 26.3. The quantitative estimate of drug-likeness (QED) is 0.302. The highest BCUT2D eigenvalue weighted by Gasteiger charge is 2.25. The summed E-state index contributed by atoms with van der Waals surface area (Å²) in [5.74, 6) is 0.689. The first-order chi connectivity index (χ1) is 12.9. The summed E-state index contributed by atoms with van der Waals surface area (Å²) < 4.78 is 11.0. The maximum Gasteiger partial charge on any atom is 0.319 e. The van der Waals surface area contributed by atoms with E-state index in [1.54, 1.807) is 0 Å². The highest BCUT2D eigenvalue weighted by Crippen LogP contribution is 2.21. The zero-order valence-corrected chi connectivity index (χ0v) is 19.2. The Kier molecular flexibility index (Phi) is 15.8. The fourth-order valence-electron chi connectivity index (χ4n) is 2.94. The summed E-state index contributed by atoms with van der Waals surface area (Å²) in [5, 5.41) is -0.479. The second-order valence-electron chi connectivity index (χ2n) is 7.80. The van der Waals surface area contributed by atoms with Crippen LogP contribution in [0.5, 0.6) is 0 Å². The van der Waals surface area contributed by atoms with Crippen LogP contribution in [0.2, 0.25) is 0 Å². The number of hydrogen-bond donors (Lipinski definition) is 0. The molecule has 5 heteroatoms. The third kappa shape index (κ3) is 12.4. The summed E-state index contributed by atoms with van der Waals surface area (Å²) in [7, 11) is 0. The summed E-state index contributed by atoms with van der Waals surface area (Å²) >= 11 is 1.36. The van der Waals surface area contributed by atoms with Gasteiger partial charge in [0, 0.05) is 0 Å². The van der Waals surface area contributed by atoms with Crippen LogP contribution in [0.25, 0.3) is 0 Å². The van der Waals surface area contributed by atoms with E-state index in [0.717, 1.165) is 44.9 Å². The van der Waals surface area contributed by atoms with E-state index < -0.39 is 5.25 Å². The molecule has 0 aromatic heterocycles. The summed E-state index contributed by atoms with van der Waals surface area (Å²) in [4.78, 5) is 24.6. The molecule has 0 aliphatic carbocycles. The van der Waals surface area contributed by atoms with Crippen LogP contribution in [-0.4, -0.2) is 36.7 Å². The van der Waals surface area contributed by atoms with Gasteiger partial charge in [-0.1, -0.05) is 66.7 Å². The molecule has 0 bridgehead atoms. The van der Waals surface area contributed by atoms with Crippen molar-refractivity contribution >= 4 is 23.7 Å². The largest absolute Gasteiger partial charge is 0.465 e. The Morgan fingerprint density at radius 2 is 1.56 bits per heavy atom. The van der Waals surface area contributed by atoms with Gasteiger partial charge in [0.25, 0.3) is 0 Å². The van der Waals surface area contributed by atoms with E-state index in [1.165, 1.54) is 11.8 Å². The first-order valence-electron chi connectivity index (χ1n) is 10.7. The molecule has 27 heavy (non-hydrogen) atoms. The van der Waals surface area contributed by atoms with Crippen LogP contribution >= 0.6 is 11.8 Å². The van der Waals surface area contributed by atoms with Crippen molar-refractivity contribution in [2.75, 3.05) is 19.5 Å². The molecule has 3 atom stereocenters. The first-order valence-corrected chi connectivity index (χ1v) is 12.0. The number of thioether (sulfide) groups is 1. The average Bonchev–Trinajstić information content (AvgIpc) is 2.65. The van der Waals surface area contributed by atoms with Crippen molar-refractivity contribution in [2.24, 2.45) is 17.8 Å². The number of hydrogen-bond acceptors (Lipinski definition) is 5. The van der Waals surface area contributed by atoms with Crippen LogP contribution in [-0.2, 0) is 19.1 Å². The van der Waals surface area contributed by atoms with E-state index >= 15 is 0 Å². The Balaban J connectivity index is 4.39. The molecule has 0 aliphatic rings. The normalized spacial score (nSPS) is 14.6. The van der Waals surface area contributed by atoms with Gasteiger partial charge in [0.2, 0.25) is 0 Å². The van der Waals surface area contributed by atoms with Gasteiger partial charge >= 0.3 is 11.9 Å². The molecule has 0 aromatic carbocycles. The second kappa shape index (κ2) is 16.3. The number of rotatable bonds is 16. The third-order valence-electron chi connectivity index (χ3n) is 5.23. The van der Waals surface area contributed by atoms with Gasteiger partial charge in [-0.3, -0.25) is 9.59 Å². The van der Waals surface area contributed by atoms with Gasteiger partial charge in [-0.05, 0) is 36.9 Å². The van der Waals surface area contributed by atoms with Gasteiger partial charge in [0.15, 0.2) is 0 Å². The minimum atomic E-state index is -0.479. The van der Waals surface area contributed by atoms with E-state index in [1.807, 2.05) is 6.26 Å². The summed E-state index contributed by atoms with van der Waals surface area (Å²) in [5.41, 5.74) is 0. The number of esters is 2. The van der Waals surface area contributed by atoms with Gasteiger partial charge in [-0.15, -0.1) is 11.8 Å². The van der Waals surface area contributed by atoms with Gasteiger partial charge < -0.3 is 9.47 Å². The van der Waals surface area contributed by atoms with Gasteiger partial charge in [-0.25, -0.2) is 0 Å². The molecule has 0 fully saturated rings. The number of carbonyl (C=O) groups is 2. The number of unbranched alkanes of at least 4 members (excludes halogenated alkanes) is 2. The number of carbonyl (C=O) groups excluding carboxylic acids is 2. The minimum Gasteiger partial charge on any atom is -0.465 e. The van der Waals surface area contributed by atoms with Crippen LogP contribution < -0.4 is 0 Å². The van der Waals surface area contributed by atoms with Gasteiger partial charge in [0.1, 0.15) is 5.25 Å². The van der Waals surface area contributed by atoms with Crippen LogP contribution in [0, 0.1) is 17.8 Å². The highest BCUT2D eigenvalue weighted by molar-refractivity contribution is 7.99. The predicted molar refractivity (Wildman–Crippen MR) is 115 cm³/mol. The SMILES string of the molecule is CCCCC(CC)COC(=O)CC(SC)C(=O)OCC(CCCC)C(C)C. The molecule has 0 amide bonds. The van der Waals surface area contributed by atoms with Crippen LogP contribution in [0.1, 0.15) is 86.0 Å². The molecule has 0 N–H and O–H groups in total. The van der Waals surface area contributed by atoms with Crippen molar-refractivity contribution < 1.29 is 19.1 Å². The van der Waals surface area contributed by atoms with E-state index in [9.17, 15) is 9.59 Å². The summed E-state index contributed by atoms with van der Waals surface area (Å²) in [6.45, 7) is 11.7. The maximum atomic E-state index is 12.4. The lowest BCUT2D eigenvalue weighted by Crippen LogP contribution is -2.28. The summed E-state index contributed by atoms with van der Waals surface area (Å²) in [6, 6.07) is 0. The van der Waals surface area contributed by atoms with Crippen LogP contribution in [0.15, 0.2) is 0 Å². The van der Waals surface area contributed by atoms with Gasteiger partial charge in [-0.2, -0.15) is 0 Å². The topological polar surface area (TPSA) is 52.6 Å². The van der Waals surface area contributed by atoms with E-state index in [4.69, 9.17) is 9.47 Å². The minimum absolute atomic E-state index is 0.0888. The Bertz CT molecular complexity index is 398. The van der Waals surface area contributed by atoms with Gasteiger partial charge in [0.05, 0.1) is 19.6 Å². The van der Waals surface area contributed by atoms with E-state index in [2.05, 4.69) is 34.6 Å². The fraction of sp³-hybridized carbons (Fsp3) is 0.909. The zero-order chi connectivity index (χ0) is 20.7. The molecule has 0 spiro atoms. The van der Waals surface area contributed by atoms with E-state index in [-0.39, 0.29) is 18.4 Å². The van der Waals surface area contributed by atoms with Crippen LogP contribution in [0.3, 0.4) is 0 Å². The summed E-state index contributed by atoms with van der Waals surface area (Å²) in [6.07, 6.45) is 9.70. The van der Waals surface area contributed by atoms with Crippen molar-refractivity contribution in [3.63, 3.8) is 0 Å². The Morgan fingerprint density at radius 1 is 0.926 bits per heavy atom. The third-order valence-corrected chi connectivity index (χ3v) is 6.16. The number of ether oxygens (including phenoxy) is 2. The molecule has 0 saturated heterocycles. The molecule has 4 nitrogen and oxygen atoms in total. The smallest absolute Gasteiger partial charge is 0.319 e. The Hall–Kier alpha value is -0.710. The molecule has 0 heterocycles. The Morgan fingerprint density at radius 3 is 2.07 bits per heavy atom. The molecule has 160 valence electrons. The predicted octanol–water partition coefficient (Wildman–Crippen LogP) is 5.87. The average molecular weight is 403 g/mol.